The molecule has 0 aromatic rings. The van der Waals surface area contributed by atoms with Crippen molar-refractivity contribution in [3.05, 3.63) is 22.8 Å². The minimum atomic E-state index is -1.10. The van der Waals surface area contributed by atoms with E-state index >= 15 is 0 Å². The molecule has 2 fully saturated rings. The van der Waals surface area contributed by atoms with Gasteiger partial charge in [0.15, 0.2) is 11.6 Å². The molecule has 0 aromatic heterocycles. The third-order valence-electron chi connectivity index (χ3n) is 11.3. The number of aliphatic hydroxyl groups is 2. The minimum absolute atomic E-state index is 0.0379. The maximum absolute atomic E-state index is 14.0. The van der Waals surface area contributed by atoms with Gasteiger partial charge >= 0.3 is 5.97 Å². The van der Waals surface area contributed by atoms with E-state index in [1.54, 1.807) is 0 Å². The maximum Gasteiger partial charge on any atom is 0.331 e. The van der Waals surface area contributed by atoms with Crippen LogP contribution >= 0.6 is 0 Å². The van der Waals surface area contributed by atoms with Crippen molar-refractivity contribution in [3.63, 3.8) is 0 Å². The second-order valence-electron chi connectivity index (χ2n) is 13.5. The third kappa shape index (κ3) is 3.75. The van der Waals surface area contributed by atoms with Crippen LogP contribution in [0, 0.1) is 39.4 Å². The van der Waals surface area contributed by atoms with Crippen LogP contribution in [0.4, 0.5) is 0 Å². The van der Waals surface area contributed by atoms with Crippen molar-refractivity contribution in [1.29, 1.82) is 0 Å². The lowest BCUT2D eigenvalue weighted by molar-refractivity contribution is -0.145. The summed E-state index contributed by atoms with van der Waals surface area (Å²) < 4.78 is 0. The van der Waals surface area contributed by atoms with Gasteiger partial charge < -0.3 is 15.3 Å². The zero-order valence-corrected chi connectivity index (χ0v) is 23.2. The number of carboxylic acid groups (broad SMARTS) is 1. The summed E-state index contributed by atoms with van der Waals surface area (Å²) in [5.41, 5.74) is -2.01. The summed E-state index contributed by atoms with van der Waals surface area (Å²) in [4.78, 5) is 53.0. The molecule has 0 heterocycles. The van der Waals surface area contributed by atoms with Crippen LogP contribution in [0.15, 0.2) is 22.8 Å². The molecule has 0 bridgehead atoms. The topological polar surface area (TPSA) is 129 Å². The zero-order valence-electron chi connectivity index (χ0n) is 23.2. The van der Waals surface area contributed by atoms with Crippen LogP contribution in [0.1, 0.15) is 87.0 Å². The Morgan fingerprint density at radius 1 is 1.05 bits per heavy atom. The fourth-order valence-electron chi connectivity index (χ4n) is 8.80. The highest BCUT2D eigenvalue weighted by atomic mass is 16.4. The summed E-state index contributed by atoms with van der Waals surface area (Å²) in [5, 5.41) is 30.4. The second-order valence-corrected chi connectivity index (χ2v) is 13.5. The molecule has 0 aliphatic heterocycles. The van der Waals surface area contributed by atoms with Crippen LogP contribution in [-0.4, -0.2) is 50.8 Å². The van der Waals surface area contributed by atoms with Crippen molar-refractivity contribution in [1.82, 2.24) is 0 Å². The summed E-state index contributed by atoms with van der Waals surface area (Å²) in [7, 11) is 0. The van der Waals surface area contributed by atoms with Crippen molar-refractivity contribution in [2.24, 2.45) is 39.4 Å². The van der Waals surface area contributed by atoms with E-state index in [1.165, 1.54) is 13.0 Å². The number of carbonyl (C=O) groups excluding carboxylic acids is 3. The Kier molecular flexibility index (Phi) is 6.56. The number of allylic oxidation sites excluding steroid dienone is 2. The van der Waals surface area contributed by atoms with Crippen LogP contribution in [0.2, 0.25) is 0 Å². The van der Waals surface area contributed by atoms with Gasteiger partial charge in [0.05, 0.1) is 17.6 Å². The number of fused-ring (bicyclic) bond motifs is 4. The standard InChI is InChI=1S/C30H42O7/c1-15(10-17(31)11-16(2)26(36)37)18-12-23(35)30(7)25-19(32)13-21-27(3,4)22(34)8-9-28(21,5)24(25)20(33)14-29(18,30)6/h11,15,17-18,21-22,31,34H,8-10,12-14H2,1-7H3,(H,36,37)/b16-11+/t15-,17?,18-,21?,22+,28+,29-,30+/m0/s1. The highest BCUT2D eigenvalue weighted by molar-refractivity contribution is 6.16. The lowest BCUT2D eigenvalue weighted by Gasteiger charge is -2.60. The number of hydrogen-bond acceptors (Lipinski definition) is 6. The van der Waals surface area contributed by atoms with Crippen molar-refractivity contribution < 1.29 is 34.5 Å². The van der Waals surface area contributed by atoms with Gasteiger partial charge in [-0.2, -0.15) is 0 Å². The molecule has 0 amide bonds. The van der Waals surface area contributed by atoms with Crippen molar-refractivity contribution in [3.8, 4) is 0 Å². The molecule has 7 nitrogen and oxygen atoms in total. The summed E-state index contributed by atoms with van der Waals surface area (Å²) in [6, 6.07) is 0. The van der Waals surface area contributed by atoms with Crippen LogP contribution in [-0.2, 0) is 19.2 Å². The lowest BCUT2D eigenvalue weighted by Crippen LogP contribution is -2.59. The Morgan fingerprint density at radius 3 is 2.27 bits per heavy atom. The maximum atomic E-state index is 14.0. The molecular formula is C30H42O7. The Hall–Kier alpha value is -2.12. The smallest absolute Gasteiger partial charge is 0.331 e. The van der Waals surface area contributed by atoms with Crippen LogP contribution < -0.4 is 0 Å². The largest absolute Gasteiger partial charge is 0.478 e. The number of Topliss-reactive ketones (excluding diaryl/α,β-unsaturated/α-hetero) is 3. The first kappa shape index (κ1) is 27.9. The molecule has 37 heavy (non-hydrogen) atoms. The van der Waals surface area contributed by atoms with Gasteiger partial charge in [0, 0.05) is 41.4 Å². The van der Waals surface area contributed by atoms with E-state index in [4.69, 9.17) is 5.11 Å². The van der Waals surface area contributed by atoms with E-state index in [1.807, 2.05) is 41.5 Å². The molecule has 8 atom stereocenters. The van der Waals surface area contributed by atoms with Crippen molar-refractivity contribution >= 4 is 23.3 Å². The van der Waals surface area contributed by atoms with Gasteiger partial charge in [-0.25, -0.2) is 4.79 Å². The zero-order chi connectivity index (χ0) is 27.9. The number of carbonyl (C=O) groups is 4. The van der Waals surface area contributed by atoms with E-state index in [0.717, 1.165) is 0 Å². The van der Waals surface area contributed by atoms with Crippen LogP contribution in [0.3, 0.4) is 0 Å². The van der Waals surface area contributed by atoms with E-state index in [2.05, 4.69) is 0 Å². The Labute approximate surface area is 219 Å². The number of hydrogen-bond donors (Lipinski definition) is 3. The number of aliphatic carboxylic acids is 1. The molecular weight excluding hydrogens is 472 g/mol. The first-order chi connectivity index (χ1) is 16.9. The SMILES string of the molecule is C/C(=C\C(O)C[C@H](C)[C@@H]1CC(=O)[C@]2(C)C3=C(C(=O)C[C@@]12C)[C@]1(C)CC[C@@H](O)C(C)(C)C1CC3=O)C(=O)O. The summed E-state index contributed by atoms with van der Waals surface area (Å²) >= 11 is 0. The van der Waals surface area contributed by atoms with Crippen LogP contribution in [0.5, 0.6) is 0 Å². The Bertz CT molecular complexity index is 1130. The molecule has 4 aliphatic rings. The Balaban J connectivity index is 1.78. The van der Waals surface area contributed by atoms with E-state index in [9.17, 15) is 29.4 Å². The summed E-state index contributed by atoms with van der Waals surface area (Å²) in [6.45, 7) is 13.1. The molecule has 0 radical (unpaired) electrons. The molecule has 2 unspecified atom stereocenters. The van der Waals surface area contributed by atoms with Crippen molar-refractivity contribution in [2.45, 2.75) is 99.2 Å². The molecule has 204 valence electrons. The second kappa shape index (κ2) is 8.70. The Morgan fingerprint density at radius 2 is 1.68 bits per heavy atom. The predicted octanol–water partition coefficient (Wildman–Crippen LogP) is 4.05. The van der Waals surface area contributed by atoms with Gasteiger partial charge in [-0.3, -0.25) is 14.4 Å². The first-order valence-electron chi connectivity index (χ1n) is 13.6. The van der Waals surface area contributed by atoms with Gasteiger partial charge in [0.1, 0.15) is 5.78 Å². The normalized spacial score (nSPS) is 41.2. The predicted molar refractivity (Wildman–Crippen MR) is 137 cm³/mol. The number of rotatable bonds is 5. The summed E-state index contributed by atoms with van der Waals surface area (Å²) in [6.07, 6.45) is 1.75. The number of ketones is 3. The molecule has 7 heteroatoms. The van der Waals surface area contributed by atoms with Gasteiger partial charge in [0.25, 0.3) is 0 Å². The van der Waals surface area contributed by atoms with Gasteiger partial charge in [-0.1, -0.05) is 34.6 Å². The van der Waals surface area contributed by atoms with E-state index in [0.29, 0.717) is 24.0 Å². The third-order valence-corrected chi connectivity index (χ3v) is 11.3. The van der Waals surface area contributed by atoms with Gasteiger partial charge in [-0.15, -0.1) is 0 Å². The summed E-state index contributed by atoms with van der Waals surface area (Å²) in [5.74, 6) is -1.95. The number of carboxylic acids is 1. The molecule has 0 saturated heterocycles. The molecule has 0 spiro atoms. The quantitative estimate of drug-likeness (QED) is 0.472. The average Bonchev–Trinajstić information content (AvgIpc) is 2.99. The number of aliphatic hydroxyl groups excluding tert-OH is 2. The van der Waals surface area contributed by atoms with Gasteiger partial charge in [0.2, 0.25) is 0 Å². The van der Waals surface area contributed by atoms with Gasteiger partial charge in [-0.05, 0) is 67.8 Å². The monoisotopic (exact) mass is 514 g/mol. The lowest BCUT2D eigenvalue weighted by atomic mass is 9.42. The molecule has 2 saturated carbocycles. The fourth-order valence-corrected chi connectivity index (χ4v) is 8.80. The minimum Gasteiger partial charge on any atom is -0.478 e. The van der Waals surface area contributed by atoms with E-state index < -0.39 is 39.8 Å². The highest BCUT2D eigenvalue weighted by Gasteiger charge is 2.70. The van der Waals surface area contributed by atoms with Crippen molar-refractivity contribution in [2.75, 3.05) is 0 Å². The molecule has 4 rings (SSSR count). The van der Waals surface area contributed by atoms with E-state index in [-0.39, 0.29) is 66.4 Å². The first-order valence-corrected chi connectivity index (χ1v) is 13.6. The average molecular weight is 515 g/mol. The van der Waals surface area contributed by atoms with Crippen LogP contribution in [0.25, 0.3) is 0 Å². The molecule has 4 aliphatic carbocycles. The fraction of sp³-hybridized carbons (Fsp3) is 0.733. The highest BCUT2D eigenvalue weighted by Crippen LogP contribution is 2.70. The molecule has 3 N–H and O–H groups in total. The molecule has 0 aromatic carbocycles.